The van der Waals surface area contributed by atoms with Crippen molar-refractivity contribution in [2.75, 3.05) is 12.4 Å². The number of hydrogen-bond donors (Lipinski definition) is 1. The first-order chi connectivity index (χ1) is 7.67. The van der Waals surface area contributed by atoms with E-state index in [9.17, 15) is 4.79 Å². The Labute approximate surface area is 104 Å². The predicted octanol–water partition coefficient (Wildman–Crippen LogP) is 2.45. The molecule has 16 heavy (non-hydrogen) atoms. The molecule has 0 atom stereocenters. The molecule has 1 rings (SSSR count). The Morgan fingerprint density at radius 1 is 1.56 bits per heavy atom. The predicted molar refractivity (Wildman–Crippen MR) is 66.7 cm³/mol. The third-order valence-corrected chi connectivity index (χ3v) is 3.23. The van der Waals surface area contributed by atoms with Gasteiger partial charge in [-0.3, -0.25) is 4.79 Å². The molecule has 0 aromatic heterocycles. The zero-order valence-electron chi connectivity index (χ0n) is 9.03. The third-order valence-electron chi connectivity index (χ3n) is 1.91. The Morgan fingerprint density at radius 3 is 2.88 bits per heavy atom. The molecule has 0 spiro atoms. The molecule has 0 unspecified atom stereocenters. The number of carbonyl (C=O) groups excluding carboxylic acids is 1. The van der Waals surface area contributed by atoms with Crippen LogP contribution in [0.4, 0.5) is 0 Å². The van der Waals surface area contributed by atoms with E-state index in [1.807, 2.05) is 18.2 Å². The van der Waals surface area contributed by atoms with Gasteiger partial charge in [-0.15, -0.1) is 11.8 Å². The van der Waals surface area contributed by atoms with E-state index in [4.69, 9.17) is 22.1 Å². The van der Waals surface area contributed by atoms with E-state index in [-0.39, 0.29) is 5.97 Å². The Hall–Kier alpha value is -0.710. The number of hydrogen-bond acceptors (Lipinski definition) is 4. The first-order valence-corrected chi connectivity index (χ1v) is 6.30. The van der Waals surface area contributed by atoms with E-state index in [0.29, 0.717) is 23.9 Å². The van der Waals surface area contributed by atoms with Crippen LogP contribution in [0.15, 0.2) is 23.1 Å². The lowest BCUT2D eigenvalue weighted by Crippen LogP contribution is -2.06. The molecule has 0 saturated heterocycles. The molecule has 0 aliphatic carbocycles. The average molecular weight is 260 g/mol. The summed E-state index contributed by atoms with van der Waals surface area (Å²) in [5.41, 5.74) is 6.40. The number of ether oxygens (including phenoxy) is 1. The topological polar surface area (TPSA) is 52.3 Å². The maximum absolute atomic E-state index is 11.1. The lowest BCUT2D eigenvalue weighted by atomic mass is 10.2. The number of thioether (sulfide) groups is 1. The quantitative estimate of drug-likeness (QED) is 0.652. The van der Waals surface area contributed by atoms with Gasteiger partial charge in [-0.2, -0.15) is 0 Å². The van der Waals surface area contributed by atoms with Crippen molar-refractivity contribution in [3.8, 4) is 0 Å². The van der Waals surface area contributed by atoms with Gasteiger partial charge in [-0.05, 0) is 24.6 Å². The largest absolute Gasteiger partial charge is 0.465 e. The fourth-order valence-electron chi connectivity index (χ4n) is 1.13. The van der Waals surface area contributed by atoms with Crippen LogP contribution in [0.3, 0.4) is 0 Å². The van der Waals surface area contributed by atoms with Gasteiger partial charge in [0.2, 0.25) is 0 Å². The summed E-state index contributed by atoms with van der Waals surface area (Å²) in [5, 5.41) is 0.636. The number of rotatable bonds is 5. The lowest BCUT2D eigenvalue weighted by molar-refractivity contribution is -0.139. The number of carbonyl (C=O) groups is 1. The fraction of sp³-hybridized carbons (Fsp3) is 0.364. The fourth-order valence-corrected chi connectivity index (χ4v) is 2.18. The Balaban J connectivity index is 2.55. The monoisotopic (exact) mass is 259 g/mol. The second-order valence-electron chi connectivity index (χ2n) is 3.05. The molecular formula is C11H14ClNO2S. The van der Waals surface area contributed by atoms with E-state index >= 15 is 0 Å². The molecule has 0 fully saturated rings. The second kappa shape index (κ2) is 6.78. The summed E-state index contributed by atoms with van der Waals surface area (Å²) in [7, 11) is 0. The van der Waals surface area contributed by atoms with Crippen LogP contribution < -0.4 is 5.73 Å². The van der Waals surface area contributed by atoms with Crippen molar-refractivity contribution in [3.63, 3.8) is 0 Å². The molecule has 0 bridgehead atoms. The van der Waals surface area contributed by atoms with Gasteiger partial charge in [0.25, 0.3) is 0 Å². The molecular weight excluding hydrogens is 246 g/mol. The zero-order valence-corrected chi connectivity index (χ0v) is 10.6. The van der Waals surface area contributed by atoms with Gasteiger partial charge in [-0.25, -0.2) is 0 Å². The highest BCUT2D eigenvalue weighted by atomic mass is 35.5. The summed E-state index contributed by atoms with van der Waals surface area (Å²) in [6, 6.07) is 5.58. The molecule has 0 saturated carbocycles. The van der Waals surface area contributed by atoms with Crippen molar-refractivity contribution in [2.24, 2.45) is 5.73 Å². The molecule has 2 N–H and O–H groups in total. The Morgan fingerprint density at radius 2 is 2.31 bits per heavy atom. The summed E-state index contributed by atoms with van der Waals surface area (Å²) in [5.74, 6) is 0.0816. The van der Waals surface area contributed by atoms with Crippen LogP contribution in [0.1, 0.15) is 12.5 Å². The molecule has 88 valence electrons. The lowest BCUT2D eigenvalue weighted by Gasteiger charge is -2.05. The summed E-state index contributed by atoms with van der Waals surface area (Å²) in [6.45, 7) is 2.61. The number of benzene rings is 1. The highest BCUT2D eigenvalue weighted by molar-refractivity contribution is 8.00. The number of esters is 1. The van der Waals surface area contributed by atoms with Gasteiger partial charge < -0.3 is 10.5 Å². The van der Waals surface area contributed by atoms with E-state index in [1.165, 1.54) is 11.8 Å². The summed E-state index contributed by atoms with van der Waals surface area (Å²) in [6.07, 6.45) is 0. The molecule has 0 aliphatic heterocycles. The van der Waals surface area contributed by atoms with Gasteiger partial charge in [0.05, 0.1) is 12.4 Å². The van der Waals surface area contributed by atoms with E-state index in [2.05, 4.69) is 0 Å². The zero-order chi connectivity index (χ0) is 12.0. The summed E-state index contributed by atoms with van der Waals surface area (Å²) in [4.78, 5) is 12.1. The van der Waals surface area contributed by atoms with Crippen LogP contribution >= 0.6 is 23.4 Å². The first-order valence-electron chi connectivity index (χ1n) is 4.94. The summed E-state index contributed by atoms with van der Waals surface area (Å²) >= 11 is 7.40. The van der Waals surface area contributed by atoms with Crippen LogP contribution in [-0.4, -0.2) is 18.3 Å². The SMILES string of the molecule is CCOC(=O)CSc1ccc(CN)c(Cl)c1. The first kappa shape index (κ1) is 13.4. The second-order valence-corrected chi connectivity index (χ2v) is 4.51. The molecule has 5 heteroatoms. The third kappa shape index (κ3) is 4.04. The molecule has 0 heterocycles. The van der Waals surface area contributed by atoms with Crippen molar-refractivity contribution in [1.82, 2.24) is 0 Å². The van der Waals surface area contributed by atoms with Crippen LogP contribution in [0, 0.1) is 0 Å². The van der Waals surface area contributed by atoms with Crippen molar-refractivity contribution in [3.05, 3.63) is 28.8 Å². The van der Waals surface area contributed by atoms with Crippen LogP contribution in [0.25, 0.3) is 0 Å². The van der Waals surface area contributed by atoms with Crippen LogP contribution in [0.5, 0.6) is 0 Å². The van der Waals surface area contributed by atoms with Gasteiger partial charge in [-0.1, -0.05) is 17.7 Å². The minimum Gasteiger partial charge on any atom is -0.465 e. The molecule has 0 aliphatic rings. The normalized spacial score (nSPS) is 10.2. The molecule has 1 aromatic rings. The van der Waals surface area contributed by atoms with E-state index < -0.39 is 0 Å². The van der Waals surface area contributed by atoms with Gasteiger partial charge >= 0.3 is 5.97 Å². The minimum absolute atomic E-state index is 0.216. The number of nitrogens with two attached hydrogens (primary N) is 1. The van der Waals surface area contributed by atoms with Crippen molar-refractivity contribution >= 4 is 29.3 Å². The Kier molecular flexibility index (Phi) is 5.66. The van der Waals surface area contributed by atoms with Crippen molar-refractivity contribution in [2.45, 2.75) is 18.4 Å². The summed E-state index contributed by atoms with van der Waals surface area (Å²) < 4.78 is 4.83. The van der Waals surface area contributed by atoms with Crippen molar-refractivity contribution < 1.29 is 9.53 Å². The molecule has 0 amide bonds. The minimum atomic E-state index is -0.216. The van der Waals surface area contributed by atoms with Crippen LogP contribution in [-0.2, 0) is 16.1 Å². The molecule has 0 radical (unpaired) electrons. The van der Waals surface area contributed by atoms with E-state index in [1.54, 1.807) is 6.92 Å². The maximum Gasteiger partial charge on any atom is 0.316 e. The number of halogens is 1. The van der Waals surface area contributed by atoms with Gasteiger partial charge in [0.1, 0.15) is 0 Å². The maximum atomic E-state index is 11.1. The highest BCUT2D eigenvalue weighted by Crippen LogP contribution is 2.24. The van der Waals surface area contributed by atoms with Gasteiger partial charge in [0, 0.05) is 16.5 Å². The molecule has 1 aromatic carbocycles. The average Bonchev–Trinajstić information content (AvgIpc) is 2.27. The Bertz CT molecular complexity index is 371. The highest BCUT2D eigenvalue weighted by Gasteiger charge is 2.05. The standard InChI is InChI=1S/C11H14ClNO2S/c1-2-15-11(14)7-16-9-4-3-8(6-13)10(12)5-9/h3-5H,2,6-7,13H2,1H3. The van der Waals surface area contributed by atoms with Crippen molar-refractivity contribution in [1.29, 1.82) is 0 Å². The van der Waals surface area contributed by atoms with Crippen LogP contribution in [0.2, 0.25) is 5.02 Å². The smallest absolute Gasteiger partial charge is 0.316 e. The van der Waals surface area contributed by atoms with Gasteiger partial charge in [0.15, 0.2) is 0 Å². The van der Waals surface area contributed by atoms with E-state index in [0.717, 1.165) is 10.5 Å². The molecule has 3 nitrogen and oxygen atoms in total.